The van der Waals surface area contributed by atoms with Gasteiger partial charge in [0.25, 0.3) is 0 Å². The van der Waals surface area contributed by atoms with Gasteiger partial charge in [-0.2, -0.15) is 0 Å². The van der Waals surface area contributed by atoms with Gasteiger partial charge in [0.05, 0.1) is 17.2 Å². The topological polar surface area (TPSA) is 48.5 Å². The van der Waals surface area contributed by atoms with E-state index in [0.29, 0.717) is 5.88 Å². The number of benzene rings is 1. The Hall–Kier alpha value is -1.88. The fourth-order valence-electron chi connectivity index (χ4n) is 2.60. The van der Waals surface area contributed by atoms with Gasteiger partial charge in [0.1, 0.15) is 5.82 Å². The molecule has 0 bridgehead atoms. The number of alkyl halides is 1. The van der Waals surface area contributed by atoms with Crippen LogP contribution in [0.5, 0.6) is 0 Å². The van der Waals surface area contributed by atoms with Crippen molar-refractivity contribution in [3.8, 4) is 0 Å². The summed E-state index contributed by atoms with van der Waals surface area (Å²) in [6.45, 7) is 3.86. The Morgan fingerprint density at radius 2 is 2.14 bits per heavy atom. The number of aromatic nitrogens is 5. The van der Waals surface area contributed by atoms with E-state index >= 15 is 0 Å². The summed E-state index contributed by atoms with van der Waals surface area (Å²) in [6, 6.07) is 6.31. The van der Waals surface area contributed by atoms with Gasteiger partial charge in [0, 0.05) is 31.6 Å². The molecule has 110 valence electrons. The molecule has 6 heteroatoms. The number of aryl methyl sites for hydroxylation is 4. The monoisotopic (exact) mass is 303 g/mol. The van der Waals surface area contributed by atoms with Gasteiger partial charge >= 0.3 is 0 Å². The summed E-state index contributed by atoms with van der Waals surface area (Å²) in [5.74, 6) is 1.65. The summed E-state index contributed by atoms with van der Waals surface area (Å²) in [4.78, 5) is 4.76. The summed E-state index contributed by atoms with van der Waals surface area (Å²) in [6.07, 6.45) is 5.36. The normalized spacial score (nSPS) is 11.3. The predicted octanol–water partition coefficient (Wildman–Crippen LogP) is 2.81. The van der Waals surface area contributed by atoms with Crippen LogP contribution in [0.2, 0.25) is 0 Å². The summed E-state index contributed by atoms with van der Waals surface area (Å²) < 4.78 is 4.13. The van der Waals surface area contributed by atoms with E-state index in [2.05, 4.69) is 40.0 Å². The minimum atomic E-state index is 0.589. The Bertz CT molecular complexity index is 717. The Morgan fingerprint density at radius 3 is 2.90 bits per heavy atom. The first kappa shape index (κ1) is 14.1. The second-order valence-corrected chi connectivity index (χ2v) is 5.46. The van der Waals surface area contributed by atoms with E-state index in [0.717, 1.165) is 37.3 Å². The molecule has 0 radical (unpaired) electrons. The minimum Gasteiger partial charge on any atom is -0.328 e. The molecule has 0 unspecified atom stereocenters. The van der Waals surface area contributed by atoms with Gasteiger partial charge in [-0.3, -0.25) is 4.68 Å². The van der Waals surface area contributed by atoms with Crippen molar-refractivity contribution in [1.82, 2.24) is 24.5 Å². The highest BCUT2D eigenvalue weighted by Crippen LogP contribution is 2.20. The first-order chi connectivity index (χ1) is 10.3. The third-order valence-corrected chi connectivity index (χ3v) is 3.81. The average Bonchev–Trinajstić information content (AvgIpc) is 3.09. The molecule has 0 aliphatic carbocycles. The molecule has 0 aliphatic rings. The van der Waals surface area contributed by atoms with E-state index in [9.17, 15) is 0 Å². The van der Waals surface area contributed by atoms with E-state index < -0.39 is 0 Å². The molecular weight excluding hydrogens is 286 g/mol. The molecule has 2 heterocycles. The van der Waals surface area contributed by atoms with Crippen LogP contribution in [0.15, 0.2) is 30.6 Å². The minimum absolute atomic E-state index is 0.589. The number of rotatable bonds is 6. The van der Waals surface area contributed by atoms with Gasteiger partial charge in [0.15, 0.2) is 0 Å². The Morgan fingerprint density at radius 1 is 1.24 bits per heavy atom. The van der Waals surface area contributed by atoms with E-state index in [1.165, 1.54) is 11.1 Å². The van der Waals surface area contributed by atoms with Crippen LogP contribution >= 0.6 is 11.6 Å². The summed E-state index contributed by atoms with van der Waals surface area (Å²) in [5.41, 5.74) is 3.48. The van der Waals surface area contributed by atoms with Crippen LogP contribution in [0.3, 0.4) is 0 Å². The average molecular weight is 304 g/mol. The van der Waals surface area contributed by atoms with Crippen molar-refractivity contribution in [3.63, 3.8) is 0 Å². The van der Waals surface area contributed by atoms with Crippen LogP contribution < -0.4 is 0 Å². The molecule has 0 saturated carbocycles. The SMILES string of the molecule is Cc1cccc2c1nc(CCCl)n2CCCn1ccnn1. The molecule has 0 atom stereocenters. The Kier molecular flexibility index (Phi) is 4.20. The van der Waals surface area contributed by atoms with Gasteiger partial charge in [-0.1, -0.05) is 17.3 Å². The zero-order chi connectivity index (χ0) is 14.7. The first-order valence-electron chi connectivity index (χ1n) is 7.14. The van der Waals surface area contributed by atoms with E-state index in [-0.39, 0.29) is 0 Å². The molecule has 0 N–H and O–H groups in total. The Labute approximate surface area is 128 Å². The van der Waals surface area contributed by atoms with Crippen molar-refractivity contribution in [2.24, 2.45) is 0 Å². The number of imidazole rings is 1. The van der Waals surface area contributed by atoms with Crippen molar-refractivity contribution < 1.29 is 0 Å². The molecule has 0 saturated heterocycles. The number of fused-ring (bicyclic) bond motifs is 1. The molecule has 0 fully saturated rings. The van der Waals surface area contributed by atoms with Crippen molar-refractivity contribution in [1.29, 1.82) is 0 Å². The summed E-state index contributed by atoms with van der Waals surface area (Å²) >= 11 is 5.91. The Balaban J connectivity index is 1.84. The highest BCUT2D eigenvalue weighted by molar-refractivity contribution is 6.17. The number of halogens is 1. The molecule has 2 aromatic heterocycles. The fraction of sp³-hybridized carbons (Fsp3) is 0.400. The summed E-state index contributed by atoms with van der Waals surface area (Å²) in [5, 5.41) is 7.81. The largest absolute Gasteiger partial charge is 0.328 e. The molecule has 5 nitrogen and oxygen atoms in total. The van der Waals surface area contributed by atoms with Gasteiger partial charge in [0.2, 0.25) is 0 Å². The quantitative estimate of drug-likeness (QED) is 0.658. The van der Waals surface area contributed by atoms with Gasteiger partial charge in [-0.15, -0.1) is 16.7 Å². The van der Waals surface area contributed by atoms with E-state index in [1.54, 1.807) is 6.20 Å². The molecule has 0 aliphatic heterocycles. The molecule has 21 heavy (non-hydrogen) atoms. The highest BCUT2D eigenvalue weighted by Gasteiger charge is 2.11. The lowest BCUT2D eigenvalue weighted by atomic mass is 10.2. The van der Waals surface area contributed by atoms with Gasteiger partial charge in [-0.05, 0) is 25.0 Å². The van der Waals surface area contributed by atoms with Crippen LogP contribution in [-0.4, -0.2) is 30.4 Å². The molecule has 1 aromatic carbocycles. The lowest BCUT2D eigenvalue weighted by Gasteiger charge is -2.08. The predicted molar refractivity (Wildman–Crippen MR) is 83.5 cm³/mol. The second-order valence-electron chi connectivity index (χ2n) is 5.08. The van der Waals surface area contributed by atoms with Gasteiger partial charge < -0.3 is 4.57 Å². The molecule has 3 aromatic rings. The lowest BCUT2D eigenvalue weighted by molar-refractivity contribution is 0.512. The van der Waals surface area contributed by atoms with Crippen LogP contribution in [-0.2, 0) is 19.5 Å². The third-order valence-electron chi connectivity index (χ3n) is 3.62. The number of hydrogen-bond donors (Lipinski definition) is 0. The number of nitrogens with zero attached hydrogens (tertiary/aromatic N) is 5. The first-order valence-corrected chi connectivity index (χ1v) is 7.68. The standard InChI is InChI=1S/C15H18ClN5/c1-12-4-2-5-13-15(12)18-14(6-7-16)21(13)10-3-9-20-11-8-17-19-20/h2,4-5,8,11H,3,6-7,9-10H2,1H3. The molecule has 3 rings (SSSR count). The van der Waals surface area contributed by atoms with Crippen LogP contribution in [0.4, 0.5) is 0 Å². The maximum Gasteiger partial charge on any atom is 0.111 e. The van der Waals surface area contributed by atoms with Crippen LogP contribution in [0.1, 0.15) is 17.8 Å². The zero-order valence-electron chi connectivity index (χ0n) is 12.0. The molecule has 0 amide bonds. The second kappa shape index (κ2) is 6.26. The van der Waals surface area contributed by atoms with Crippen molar-refractivity contribution in [2.75, 3.05) is 5.88 Å². The van der Waals surface area contributed by atoms with Crippen LogP contribution in [0, 0.1) is 6.92 Å². The fourth-order valence-corrected chi connectivity index (χ4v) is 2.77. The molecular formula is C15H18ClN5. The van der Waals surface area contributed by atoms with Gasteiger partial charge in [-0.25, -0.2) is 4.98 Å². The van der Waals surface area contributed by atoms with E-state index in [4.69, 9.17) is 16.6 Å². The maximum atomic E-state index is 5.91. The van der Waals surface area contributed by atoms with E-state index in [1.807, 2.05) is 10.9 Å². The van der Waals surface area contributed by atoms with Crippen molar-refractivity contribution >= 4 is 22.6 Å². The van der Waals surface area contributed by atoms with Crippen LogP contribution in [0.25, 0.3) is 11.0 Å². The zero-order valence-corrected chi connectivity index (χ0v) is 12.8. The maximum absolute atomic E-state index is 5.91. The van der Waals surface area contributed by atoms with Crippen molar-refractivity contribution in [2.45, 2.75) is 32.9 Å². The molecule has 0 spiro atoms. The smallest absolute Gasteiger partial charge is 0.111 e. The number of para-hydroxylation sites is 1. The third kappa shape index (κ3) is 2.93. The highest BCUT2D eigenvalue weighted by atomic mass is 35.5. The van der Waals surface area contributed by atoms with Crippen molar-refractivity contribution in [3.05, 3.63) is 42.0 Å². The number of hydrogen-bond acceptors (Lipinski definition) is 3. The summed E-state index contributed by atoms with van der Waals surface area (Å²) in [7, 11) is 0. The lowest BCUT2D eigenvalue weighted by Crippen LogP contribution is -2.08.